The summed E-state index contributed by atoms with van der Waals surface area (Å²) in [5, 5.41) is 13.1. The van der Waals surface area contributed by atoms with Crippen LogP contribution in [0.1, 0.15) is 11.1 Å². The summed E-state index contributed by atoms with van der Waals surface area (Å²) in [4.78, 5) is 10.3. The third kappa shape index (κ3) is 3.56. The van der Waals surface area contributed by atoms with Crippen molar-refractivity contribution in [3.63, 3.8) is 0 Å². The average molecular weight is 412 g/mol. The summed E-state index contributed by atoms with van der Waals surface area (Å²) < 4.78 is 11.0. The molecule has 2 aromatic heterocycles. The van der Waals surface area contributed by atoms with Crippen molar-refractivity contribution < 1.29 is 9.47 Å². The minimum atomic E-state index is 0.236. The monoisotopic (exact) mass is 412 g/mol. The molecule has 5 rings (SSSR count). The van der Waals surface area contributed by atoms with Crippen LogP contribution in [0.5, 0.6) is 11.5 Å². The van der Waals surface area contributed by atoms with Crippen molar-refractivity contribution in [1.82, 2.24) is 9.97 Å². The van der Waals surface area contributed by atoms with Crippen LogP contribution in [0.4, 0.5) is 5.13 Å². The van der Waals surface area contributed by atoms with Crippen molar-refractivity contribution in [2.24, 2.45) is 0 Å². The van der Waals surface area contributed by atoms with Crippen LogP contribution < -0.4 is 14.8 Å². The van der Waals surface area contributed by atoms with Gasteiger partial charge in [0.05, 0.1) is 27.9 Å². The lowest BCUT2D eigenvalue weighted by Crippen LogP contribution is -1.98. The molecule has 0 atom stereocenters. The Morgan fingerprint density at radius 3 is 2.70 bits per heavy atom. The molecule has 146 valence electrons. The second-order valence-electron chi connectivity index (χ2n) is 6.64. The highest BCUT2D eigenvalue weighted by Crippen LogP contribution is 2.42. The zero-order valence-electron chi connectivity index (χ0n) is 15.8. The fourth-order valence-corrected chi connectivity index (χ4v) is 4.14. The Labute approximate surface area is 177 Å². The van der Waals surface area contributed by atoms with Gasteiger partial charge in [-0.15, -0.1) is 0 Å². The minimum absolute atomic E-state index is 0.236. The maximum absolute atomic E-state index is 8.95. The zero-order chi connectivity index (χ0) is 20.3. The maximum atomic E-state index is 8.95. The van der Waals surface area contributed by atoms with E-state index in [0.717, 1.165) is 44.0 Å². The Hall–Kier alpha value is -3.89. The lowest BCUT2D eigenvalue weighted by atomic mass is 10.1. The maximum Gasteiger partial charge on any atom is 0.231 e. The topological polar surface area (TPSA) is 80.1 Å². The van der Waals surface area contributed by atoms with Gasteiger partial charge in [-0.25, -0.2) is 4.98 Å². The van der Waals surface area contributed by atoms with Crippen LogP contribution >= 0.6 is 11.3 Å². The van der Waals surface area contributed by atoms with Gasteiger partial charge in [-0.1, -0.05) is 29.5 Å². The number of aromatic nitrogens is 2. The first kappa shape index (κ1) is 18.2. The standard InChI is InChI=1S/C23H16N4O2S/c24-12-15-4-6-16(7-5-15)13-26-23-27-21(22(30-23)18-3-1-2-10-25-18)17-8-9-19-20(11-17)29-14-28-19/h1-11H,13-14H2,(H,26,27). The molecule has 1 N–H and O–H groups in total. The van der Waals surface area contributed by atoms with Crippen LogP contribution in [0.3, 0.4) is 0 Å². The number of pyridine rings is 1. The van der Waals surface area contributed by atoms with Crippen molar-refractivity contribution >= 4 is 16.5 Å². The number of hydrogen-bond acceptors (Lipinski definition) is 7. The Morgan fingerprint density at radius 1 is 1.03 bits per heavy atom. The van der Waals surface area contributed by atoms with E-state index in [2.05, 4.69) is 16.4 Å². The highest BCUT2D eigenvalue weighted by molar-refractivity contribution is 7.19. The third-order valence-corrected chi connectivity index (χ3v) is 5.73. The molecular formula is C23H16N4O2S. The van der Waals surface area contributed by atoms with Crippen LogP contribution in [0.25, 0.3) is 21.8 Å². The molecule has 1 aliphatic rings. The van der Waals surface area contributed by atoms with E-state index in [1.807, 2.05) is 60.7 Å². The number of nitrogens with zero attached hydrogens (tertiary/aromatic N) is 3. The van der Waals surface area contributed by atoms with Crippen molar-refractivity contribution in [1.29, 1.82) is 5.26 Å². The molecule has 0 saturated carbocycles. The quantitative estimate of drug-likeness (QED) is 0.492. The average Bonchev–Trinajstić information content (AvgIpc) is 3.45. The van der Waals surface area contributed by atoms with Gasteiger partial charge in [0, 0.05) is 18.3 Å². The van der Waals surface area contributed by atoms with E-state index in [4.69, 9.17) is 19.7 Å². The number of hydrogen-bond donors (Lipinski definition) is 1. The molecule has 6 nitrogen and oxygen atoms in total. The van der Waals surface area contributed by atoms with Crippen LogP contribution in [0.2, 0.25) is 0 Å². The fourth-order valence-electron chi connectivity index (χ4n) is 3.18. The molecular weight excluding hydrogens is 396 g/mol. The lowest BCUT2D eigenvalue weighted by Gasteiger charge is -2.03. The van der Waals surface area contributed by atoms with Crippen molar-refractivity contribution in [2.75, 3.05) is 12.1 Å². The molecule has 2 aromatic carbocycles. The molecule has 30 heavy (non-hydrogen) atoms. The summed E-state index contributed by atoms with van der Waals surface area (Å²) in [6.07, 6.45) is 1.78. The van der Waals surface area contributed by atoms with Gasteiger partial charge in [-0.05, 0) is 48.0 Å². The summed E-state index contributed by atoms with van der Waals surface area (Å²) in [6.45, 7) is 0.849. The Balaban J connectivity index is 1.48. The first-order valence-electron chi connectivity index (χ1n) is 9.35. The summed E-state index contributed by atoms with van der Waals surface area (Å²) in [5.41, 5.74) is 4.39. The highest BCUT2D eigenvalue weighted by atomic mass is 32.1. The molecule has 0 radical (unpaired) electrons. The van der Waals surface area contributed by atoms with Gasteiger partial charge in [0.15, 0.2) is 16.6 Å². The summed E-state index contributed by atoms with van der Waals surface area (Å²) >= 11 is 1.56. The minimum Gasteiger partial charge on any atom is -0.454 e. The number of nitrogens with one attached hydrogen (secondary N) is 1. The van der Waals surface area contributed by atoms with E-state index in [0.29, 0.717) is 12.1 Å². The van der Waals surface area contributed by atoms with Crippen LogP contribution in [0.15, 0.2) is 66.9 Å². The lowest BCUT2D eigenvalue weighted by molar-refractivity contribution is 0.174. The SMILES string of the molecule is N#Cc1ccc(CNc2nc(-c3ccc4c(c3)OCO4)c(-c3ccccn3)s2)cc1. The molecule has 0 unspecified atom stereocenters. The second-order valence-corrected chi connectivity index (χ2v) is 7.64. The predicted molar refractivity (Wildman–Crippen MR) is 115 cm³/mol. The smallest absolute Gasteiger partial charge is 0.231 e. The van der Waals surface area contributed by atoms with E-state index in [1.54, 1.807) is 17.5 Å². The van der Waals surface area contributed by atoms with Crippen LogP contribution in [-0.2, 0) is 6.54 Å². The summed E-state index contributed by atoms with van der Waals surface area (Å²) in [5.74, 6) is 1.46. The van der Waals surface area contributed by atoms with E-state index in [1.165, 1.54) is 0 Å². The number of benzene rings is 2. The van der Waals surface area contributed by atoms with Gasteiger partial charge < -0.3 is 14.8 Å². The fraction of sp³-hybridized carbons (Fsp3) is 0.0870. The van der Waals surface area contributed by atoms with E-state index < -0.39 is 0 Å². The number of thiazole rings is 1. The molecule has 1 aliphatic heterocycles. The molecule has 0 amide bonds. The molecule has 0 aliphatic carbocycles. The molecule has 4 aromatic rings. The summed E-state index contributed by atoms with van der Waals surface area (Å²) in [6, 6.07) is 21.3. The van der Waals surface area contributed by atoms with E-state index >= 15 is 0 Å². The van der Waals surface area contributed by atoms with Gasteiger partial charge in [0.25, 0.3) is 0 Å². The largest absolute Gasteiger partial charge is 0.454 e. The van der Waals surface area contributed by atoms with Gasteiger partial charge >= 0.3 is 0 Å². The molecule has 0 bridgehead atoms. The molecule has 7 heteroatoms. The van der Waals surface area contributed by atoms with E-state index in [9.17, 15) is 0 Å². The van der Waals surface area contributed by atoms with Gasteiger partial charge in [0.2, 0.25) is 6.79 Å². The third-order valence-electron chi connectivity index (χ3n) is 4.70. The van der Waals surface area contributed by atoms with Crippen molar-refractivity contribution in [2.45, 2.75) is 6.54 Å². The molecule has 0 saturated heterocycles. The van der Waals surface area contributed by atoms with Gasteiger partial charge in [0.1, 0.15) is 0 Å². The highest BCUT2D eigenvalue weighted by Gasteiger charge is 2.19. The Morgan fingerprint density at radius 2 is 1.90 bits per heavy atom. The number of fused-ring (bicyclic) bond motifs is 1. The normalized spacial score (nSPS) is 11.8. The summed E-state index contributed by atoms with van der Waals surface area (Å²) in [7, 11) is 0. The molecule has 3 heterocycles. The van der Waals surface area contributed by atoms with Crippen LogP contribution in [0, 0.1) is 11.3 Å². The Bertz CT molecular complexity index is 1230. The van der Waals surface area contributed by atoms with Gasteiger partial charge in [-0.2, -0.15) is 5.26 Å². The second kappa shape index (κ2) is 7.85. The van der Waals surface area contributed by atoms with Gasteiger partial charge in [-0.3, -0.25) is 4.98 Å². The number of ether oxygens (including phenoxy) is 2. The first-order chi connectivity index (χ1) is 14.8. The zero-order valence-corrected chi connectivity index (χ0v) is 16.6. The van der Waals surface area contributed by atoms with Crippen molar-refractivity contribution in [3.05, 3.63) is 78.0 Å². The van der Waals surface area contributed by atoms with Crippen molar-refractivity contribution in [3.8, 4) is 39.4 Å². The Kier molecular flexibility index (Phi) is 4.75. The molecule has 0 spiro atoms. The van der Waals surface area contributed by atoms with E-state index in [-0.39, 0.29) is 6.79 Å². The molecule has 0 fully saturated rings. The first-order valence-corrected chi connectivity index (χ1v) is 10.2. The predicted octanol–water partition coefficient (Wildman–Crippen LogP) is 5.08. The number of anilines is 1. The van der Waals surface area contributed by atoms with Crippen LogP contribution in [-0.4, -0.2) is 16.8 Å². The number of nitriles is 1. The number of rotatable bonds is 5.